The Labute approximate surface area is 122 Å². The van der Waals surface area contributed by atoms with Crippen molar-refractivity contribution in [2.24, 2.45) is 0 Å². The first-order valence-electron chi connectivity index (χ1n) is 6.68. The second kappa shape index (κ2) is 10.8. The quantitative estimate of drug-likeness (QED) is 0.440. The Balaban J connectivity index is 0. The van der Waals surface area contributed by atoms with Crippen LogP contribution < -0.4 is 0 Å². The van der Waals surface area contributed by atoms with Crippen LogP contribution in [0, 0.1) is 0 Å². The molecule has 0 spiro atoms. The van der Waals surface area contributed by atoms with Gasteiger partial charge in [-0.25, -0.2) is 4.79 Å². The van der Waals surface area contributed by atoms with Gasteiger partial charge in [-0.15, -0.1) is 0 Å². The topological polar surface area (TPSA) is 83.9 Å². The van der Waals surface area contributed by atoms with E-state index in [1.165, 1.54) is 0 Å². The molecule has 0 aromatic rings. The summed E-state index contributed by atoms with van der Waals surface area (Å²) in [5, 5.41) is -0.743. The molecule has 0 saturated carbocycles. The molecular formula is C13H27NO5S. The smallest absolute Gasteiger partial charge is 0.333 e. The minimum absolute atomic E-state index is 0.312. The van der Waals surface area contributed by atoms with E-state index in [9.17, 15) is 13.2 Å². The number of esters is 1. The van der Waals surface area contributed by atoms with Gasteiger partial charge in [-0.2, -0.15) is 8.42 Å². The summed E-state index contributed by atoms with van der Waals surface area (Å²) in [5.74, 6) is -0.312. The third-order valence-electron chi connectivity index (χ3n) is 2.54. The van der Waals surface area contributed by atoms with Crippen molar-refractivity contribution in [2.45, 2.75) is 46.4 Å². The van der Waals surface area contributed by atoms with E-state index >= 15 is 0 Å². The van der Waals surface area contributed by atoms with Gasteiger partial charge in [-0.05, 0) is 33.4 Å². The van der Waals surface area contributed by atoms with Crippen LogP contribution in [0.3, 0.4) is 0 Å². The van der Waals surface area contributed by atoms with Gasteiger partial charge < -0.3 is 4.74 Å². The van der Waals surface area contributed by atoms with Crippen molar-refractivity contribution in [3.05, 3.63) is 12.2 Å². The third kappa shape index (κ3) is 9.06. The van der Waals surface area contributed by atoms with Crippen molar-refractivity contribution in [3.63, 3.8) is 0 Å². The average molecular weight is 309 g/mol. The lowest BCUT2D eigenvalue weighted by Crippen LogP contribution is -2.40. The minimum atomic E-state index is -3.91. The molecule has 0 fully saturated rings. The average Bonchev–Trinajstić information content (AvgIpc) is 2.35. The minimum Gasteiger partial charge on any atom is -0.463 e. The molecule has 120 valence electrons. The van der Waals surface area contributed by atoms with Crippen molar-refractivity contribution in [3.8, 4) is 0 Å². The Kier molecular flexibility index (Phi) is 11.6. The van der Waals surface area contributed by atoms with Crippen molar-refractivity contribution in [2.75, 3.05) is 19.7 Å². The Morgan fingerprint density at radius 3 is 1.80 bits per heavy atom. The molecule has 20 heavy (non-hydrogen) atoms. The van der Waals surface area contributed by atoms with Gasteiger partial charge in [0.1, 0.15) is 5.37 Å². The van der Waals surface area contributed by atoms with Gasteiger partial charge in [0.2, 0.25) is 0 Å². The third-order valence-corrected chi connectivity index (χ3v) is 3.86. The maximum absolute atomic E-state index is 10.8. The normalized spacial score (nSPS) is 12.3. The largest absolute Gasteiger partial charge is 0.463 e. The number of nitrogens with zero attached hydrogens (tertiary/aromatic N) is 1. The van der Waals surface area contributed by atoms with E-state index in [0.29, 0.717) is 31.7 Å². The van der Waals surface area contributed by atoms with Crippen LogP contribution in [-0.4, -0.2) is 48.9 Å². The van der Waals surface area contributed by atoms with Crippen LogP contribution in [-0.2, 0) is 19.6 Å². The first kappa shape index (κ1) is 21.4. The van der Waals surface area contributed by atoms with Crippen LogP contribution in [0.4, 0.5) is 0 Å². The fraction of sp³-hybridized carbons (Fsp3) is 0.769. The SMILES string of the molecule is C=C(C)C(=O)OCC.CCC(N(CC)CC)S(=O)(=O)O. The molecule has 6 nitrogen and oxygen atoms in total. The molecular weight excluding hydrogens is 282 g/mol. The summed E-state index contributed by atoms with van der Waals surface area (Å²) in [5.41, 5.74) is 0.451. The highest BCUT2D eigenvalue weighted by atomic mass is 32.2. The van der Waals surface area contributed by atoms with E-state index in [-0.39, 0.29) is 5.97 Å². The lowest BCUT2D eigenvalue weighted by molar-refractivity contribution is -0.138. The molecule has 0 aromatic heterocycles. The number of ether oxygens (including phenoxy) is 1. The van der Waals surface area contributed by atoms with Crippen LogP contribution in [0.5, 0.6) is 0 Å². The molecule has 0 aliphatic carbocycles. The molecule has 0 aliphatic heterocycles. The van der Waals surface area contributed by atoms with Gasteiger partial charge in [-0.1, -0.05) is 27.4 Å². The summed E-state index contributed by atoms with van der Waals surface area (Å²) < 4.78 is 35.1. The van der Waals surface area contributed by atoms with E-state index in [1.54, 1.807) is 25.7 Å². The van der Waals surface area contributed by atoms with Crippen molar-refractivity contribution in [1.82, 2.24) is 4.90 Å². The predicted molar refractivity (Wildman–Crippen MR) is 80.0 cm³/mol. The molecule has 0 amide bonds. The van der Waals surface area contributed by atoms with Crippen molar-refractivity contribution < 1.29 is 22.5 Å². The Hall–Kier alpha value is -0.920. The van der Waals surface area contributed by atoms with Crippen LogP contribution in [0.15, 0.2) is 12.2 Å². The Morgan fingerprint density at radius 2 is 1.70 bits per heavy atom. The standard InChI is InChI=1S/C7H17NO3S.C6H10O2/c1-4-7(12(9,10)11)8(5-2)6-3;1-4-8-6(7)5(2)3/h7H,4-6H2,1-3H3,(H,9,10,11);2,4H2,1,3H3. The van der Waals surface area contributed by atoms with E-state index in [0.717, 1.165) is 0 Å². The highest BCUT2D eigenvalue weighted by molar-refractivity contribution is 7.86. The molecule has 1 atom stereocenters. The van der Waals surface area contributed by atoms with Crippen molar-refractivity contribution >= 4 is 16.1 Å². The Bertz CT molecular complexity index is 388. The molecule has 1 unspecified atom stereocenters. The summed E-state index contributed by atoms with van der Waals surface area (Å²) in [4.78, 5) is 12.1. The molecule has 0 rings (SSSR count). The number of carbonyl (C=O) groups excluding carboxylic acids is 1. The van der Waals surface area contributed by atoms with Gasteiger partial charge in [0, 0.05) is 5.57 Å². The number of hydrogen-bond donors (Lipinski definition) is 1. The Morgan fingerprint density at radius 1 is 1.25 bits per heavy atom. The summed E-state index contributed by atoms with van der Waals surface area (Å²) in [6.45, 7) is 14.0. The van der Waals surface area contributed by atoms with Crippen molar-refractivity contribution in [1.29, 1.82) is 0 Å². The van der Waals surface area contributed by atoms with Gasteiger partial charge >= 0.3 is 5.97 Å². The molecule has 0 aromatic carbocycles. The van der Waals surface area contributed by atoms with Gasteiger partial charge in [0.25, 0.3) is 10.1 Å². The number of hydrogen-bond acceptors (Lipinski definition) is 5. The first-order chi connectivity index (χ1) is 9.15. The van der Waals surface area contributed by atoms with Crippen LogP contribution >= 0.6 is 0 Å². The summed E-state index contributed by atoms with van der Waals surface area (Å²) in [6.07, 6.45) is 0.417. The number of rotatable bonds is 7. The molecule has 0 bridgehead atoms. The number of carbonyl (C=O) groups is 1. The maximum Gasteiger partial charge on any atom is 0.333 e. The van der Waals surface area contributed by atoms with E-state index in [1.807, 2.05) is 13.8 Å². The zero-order valence-electron chi connectivity index (χ0n) is 13.0. The van der Waals surface area contributed by atoms with Crippen LogP contribution in [0.25, 0.3) is 0 Å². The second-order valence-corrected chi connectivity index (χ2v) is 5.67. The lowest BCUT2D eigenvalue weighted by Gasteiger charge is -2.25. The van der Waals surface area contributed by atoms with E-state index in [4.69, 9.17) is 4.55 Å². The van der Waals surface area contributed by atoms with Crippen LogP contribution in [0.1, 0.15) is 41.0 Å². The zero-order valence-corrected chi connectivity index (χ0v) is 13.9. The summed E-state index contributed by atoms with van der Waals surface area (Å²) in [6, 6.07) is 0. The highest BCUT2D eigenvalue weighted by Crippen LogP contribution is 2.09. The monoisotopic (exact) mass is 309 g/mol. The van der Waals surface area contributed by atoms with Gasteiger partial charge in [0.05, 0.1) is 6.61 Å². The maximum atomic E-state index is 10.8. The molecule has 1 N–H and O–H groups in total. The first-order valence-corrected chi connectivity index (χ1v) is 8.18. The lowest BCUT2D eigenvalue weighted by atomic mass is 10.4. The molecule has 0 heterocycles. The van der Waals surface area contributed by atoms with Gasteiger partial charge in [0.15, 0.2) is 0 Å². The predicted octanol–water partition coefficient (Wildman–Crippen LogP) is 2.08. The summed E-state index contributed by atoms with van der Waals surface area (Å²) >= 11 is 0. The highest BCUT2D eigenvalue weighted by Gasteiger charge is 2.25. The van der Waals surface area contributed by atoms with Crippen LogP contribution in [0.2, 0.25) is 0 Å². The zero-order chi connectivity index (χ0) is 16.3. The van der Waals surface area contributed by atoms with E-state index in [2.05, 4.69) is 11.3 Å². The fourth-order valence-electron chi connectivity index (χ4n) is 1.54. The molecule has 7 heteroatoms. The fourth-order valence-corrected chi connectivity index (χ4v) is 2.64. The molecule has 0 aliphatic rings. The van der Waals surface area contributed by atoms with Gasteiger partial charge in [-0.3, -0.25) is 9.45 Å². The second-order valence-electron chi connectivity index (χ2n) is 4.10. The van der Waals surface area contributed by atoms with E-state index < -0.39 is 15.5 Å². The summed E-state index contributed by atoms with van der Waals surface area (Å²) in [7, 11) is -3.91. The molecule has 0 radical (unpaired) electrons. The molecule has 0 saturated heterocycles.